The molecule has 0 heterocycles. The molecule has 2 aliphatic carbocycles. The molecule has 2 nitrogen and oxygen atoms in total. The molecular weight excluding hydrogens is 1130 g/mol. The van der Waals surface area contributed by atoms with Gasteiger partial charge in [0.2, 0.25) is 0 Å². The average molecular weight is 1200 g/mol. The molecule has 15 aromatic rings. The lowest BCUT2D eigenvalue weighted by molar-refractivity contribution is 0.768. The Bertz CT molecular complexity index is 4790. The first-order chi connectivity index (χ1) is 46.6. The number of hydrogen-bond donors (Lipinski definition) is 0. The molecular formula is C92H64N2. The van der Waals surface area contributed by atoms with Gasteiger partial charge in [0, 0.05) is 34.1 Å². The second kappa shape index (κ2) is 23.6. The van der Waals surface area contributed by atoms with E-state index < -0.39 is 10.8 Å². The predicted molar refractivity (Wildman–Crippen MR) is 392 cm³/mol. The van der Waals surface area contributed by atoms with Gasteiger partial charge in [-0.05, 0) is 184 Å². The second-order valence-corrected chi connectivity index (χ2v) is 24.7. The standard InChI is InChI=1S/C92H64N2/c1-7-25-65(26-8-1)67-49-53-77(54-50-67)93(81-57-59-85-83-41-19-21-43-87(83)91(89(85)63-81,73-31-11-3-12-32-73)74-33-13-4-14-34-74)79-39-23-29-71(61-79)69-45-47-70(48-46-69)72-30-24-40-80(62-72)94(78-55-51-68(52-56-78)66-27-9-2-10-28-66)82-58-60-86-84-42-20-22-44-88(84)92(90(86)64-82,75-35-15-5-16-36-75)76-37-17-6-18-38-76/h1-64H. The van der Waals surface area contributed by atoms with Gasteiger partial charge in [0.1, 0.15) is 0 Å². The first kappa shape index (κ1) is 55.9. The molecule has 0 radical (unpaired) electrons. The molecule has 0 atom stereocenters. The summed E-state index contributed by atoms with van der Waals surface area (Å²) in [4.78, 5) is 4.87. The first-order valence-electron chi connectivity index (χ1n) is 32.5. The van der Waals surface area contributed by atoms with Gasteiger partial charge >= 0.3 is 0 Å². The zero-order chi connectivity index (χ0) is 62.4. The monoisotopic (exact) mass is 1200 g/mol. The molecule has 0 amide bonds. The van der Waals surface area contributed by atoms with Gasteiger partial charge in [-0.25, -0.2) is 0 Å². The van der Waals surface area contributed by atoms with Crippen molar-refractivity contribution in [1.82, 2.24) is 0 Å². The number of nitrogens with zero attached hydrogens (tertiary/aromatic N) is 2. The molecule has 0 saturated carbocycles. The number of fused-ring (bicyclic) bond motifs is 6. The maximum Gasteiger partial charge on any atom is 0.0714 e. The largest absolute Gasteiger partial charge is 0.310 e. The third-order valence-corrected chi connectivity index (χ3v) is 19.6. The van der Waals surface area contributed by atoms with Gasteiger partial charge < -0.3 is 9.80 Å². The van der Waals surface area contributed by atoms with Crippen molar-refractivity contribution in [1.29, 1.82) is 0 Å². The molecule has 0 aromatic heterocycles. The van der Waals surface area contributed by atoms with Gasteiger partial charge in [0.25, 0.3) is 0 Å². The van der Waals surface area contributed by atoms with Crippen LogP contribution in [0.5, 0.6) is 0 Å². The van der Waals surface area contributed by atoms with Crippen LogP contribution < -0.4 is 9.80 Å². The van der Waals surface area contributed by atoms with Crippen molar-refractivity contribution in [2.45, 2.75) is 10.8 Å². The van der Waals surface area contributed by atoms with Crippen LogP contribution in [-0.4, -0.2) is 0 Å². The van der Waals surface area contributed by atoms with E-state index in [2.05, 4.69) is 398 Å². The highest BCUT2D eigenvalue weighted by Gasteiger charge is 2.48. The zero-order valence-electron chi connectivity index (χ0n) is 51.8. The van der Waals surface area contributed by atoms with Crippen LogP contribution in [0.2, 0.25) is 0 Å². The number of rotatable bonds is 14. The molecule has 0 N–H and O–H groups in total. The molecule has 15 aromatic carbocycles. The molecule has 442 valence electrons. The van der Waals surface area contributed by atoms with Gasteiger partial charge in [-0.2, -0.15) is 0 Å². The Morgan fingerprint density at radius 3 is 0.745 bits per heavy atom. The summed E-state index contributed by atoms with van der Waals surface area (Å²) in [5.41, 5.74) is 29.7. The molecule has 0 bridgehead atoms. The fourth-order valence-corrected chi connectivity index (χ4v) is 15.4. The van der Waals surface area contributed by atoms with Crippen molar-refractivity contribution < 1.29 is 0 Å². The highest BCUT2D eigenvalue weighted by atomic mass is 15.1. The Balaban J connectivity index is 0.761. The summed E-state index contributed by atoms with van der Waals surface area (Å²) in [5, 5.41) is 0. The van der Waals surface area contributed by atoms with Crippen molar-refractivity contribution in [2.24, 2.45) is 0 Å². The summed E-state index contributed by atoms with van der Waals surface area (Å²) in [7, 11) is 0. The van der Waals surface area contributed by atoms with Gasteiger partial charge in [-0.15, -0.1) is 0 Å². The lowest BCUT2D eigenvalue weighted by atomic mass is 9.67. The van der Waals surface area contributed by atoms with Crippen molar-refractivity contribution in [3.05, 3.63) is 433 Å². The molecule has 0 saturated heterocycles. The highest BCUT2D eigenvalue weighted by molar-refractivity contribution is 5.93. The lowest BCUT2D eigenvalue weighted by Crippen LogP contribution is -2.28. The number of hydrogen-bond acceptors (Lipinski definition) is 2. The molecule has 2 aliphatic rings. The van der Waals surface area contributed by atoms with Gasteiger partial charge in [-0.3, -0.25) is 0 Å². The summed E-state index contributed by atoms with van der Waals surface area (Å²) >= 11 is 0. The quantitative estimate of drug-likeness (QED) is 0.107. The highest BCUT2D eigenvalue weighted by Crippen LogP contribution is 2.59. The Morgan fingerprint density at radius 1 is 0.149 bits per heavy atom. The van der Waals surface area contributed by atoms with Crippen LogP contribution in [-0.2, 0) is 10.8 Å². The molecule has 0 unspecified atom stereocenters. The van der Waals surface area contributed by atoms with Gasteiger partial charge in [-0.1, -0.05) is 315 Å². The molecule has 17 rings (SSSR count). The van der Waals surface area contributed by atoms with Crippen molar-refractivity contribution in [2.75, 3.05) is 9.80 Å². The van der Waals surface area contributed by atoms with Crippen molar-refractivity contribution in [3.8, 4) is 66.8 Å². The zero-order valence-corrected chi connectivity index (χ0v) is 51.8. The average Bonchev–Trinajstić information content (AvgIpc) is 1.53. The van der Waals surface area contributed by atoms with E-state index >= 15 is 0 Å². The predicted octanol–water partition coefficient (Wildman–Crippen LogP) is 24.0. The Kier molecular flexibility index (Phi) is 14.0. The van der Waals surface area contributed by atoms with Crippen LogP contribution in [0.3, 0.4) is 0 Å². The molecule has 94 heavy (non-hydrogen) atoms. The van der Waals surface area contributed by atoms with Crippen LogP contribution in [0, 0.1) is 0 Å². The maximum absolute atomic E-state index is 2.46. The van der Waals surface area contributed by atoms with E-state index in [9.17, 15) is 0 Å². The molecule has 0 aliphatic heterocycles. The van der Waals surface area contributed by atoms with E-state index in [0.29, 0.717) is 0 Å². The van der Waals surface area contributed by atoms with E-state index in [4.69, 9.17) is 0 Å². The normalized spacial score (nSPS) is 12.9. The summed E-state index contributed by atoms with van der Waals surface area (Å²) in [5.74, 6) is 0. The van der Waals surface area contributed by atoms with E-state index in [-0.39, 0.29) is 0 Å². The first-order valence-corrected chi connectivity index (χ1v) is 32.5. The summed E-state index contributed by atoms with van der Waals surface area (Å²) in [6, 6.07) is 143. The van der Waals surface area contributed by atoms with Crippen molar-refractivity contribution >= 4 is 34.1 Å². The topological polar surface area (TPSA) is 6.48 Å². The minimum absolute atomic E-state index is 0.546. The Labute approximate surface area is 550 Å². The third-order valence-electron chi connectivity index (χ3n) is 19.6. The number of benzene rings is 15. The third kappa shape index (κ3) is 9.41. The summed E-state index contributed by atoms with van der Waals surface area (Å²) < 4.78 is 0. The van der Waals surface area contributed by atoms with E-state index in [1.165, 1.54) is 89.0 Å². The van der Waals surface area contributed by atoms with Gasteiger partial charge in [0.15, 0.2) is 0 Å². The Hall–Kier alpha value is -12.1. The van der Waals surface area contributed by atoms with Crippen LogP contribution in [0.25, 0.3) is 66.8 Å². The lowest BCUT2D eigenvalue weighted by Gasteiger charge is -2.35. The van der Waals surface area contributed by atoms with E-state index in [1.54, 1.807) is 0 Å². The fourth-order valence-electron chi connectivity index (χ4n) is 15.4. The SMILES string of the molecule is c1ccc(-c2ccc(N(c3cccc(-c4ccc(-c5cccc(N(c6ccc(-c7ccccc7)cc6)c6ccc7c(c6)C(c6ccccc6)(c6ccccc6)c6ccccc6-7)c5)cc4)c3)c3ccc4c(c3)C(c3ccccc3)(c3ccccc3)c3ccccc3-4)cc2)cc1. The maximum atomic E-state index is 2.46. The van der Waals surface area contributed by atoms with Crippen LogP contribution in [0.4, 0.5) is 34.1 Å². The van der Waals surface area contributed by atoms with E-state index in [0.717, 1.165) is 56.4 Å². The van der Waals surface area contributed by atoms with Crippen LogP contribution >= 0.6 is 0 Å². The molecule has 0 spiro atoms. The number of anilines is 6. The minimum Gasteiger partial charge on any atom is -0.310 e. The van der Waals surface area contributed by atoms with Gasteiger partial charge in [0.05, 0.1) is 10.8 Å². The molecule has 2 heteroatoms. The van der Waals surface area contributed by atoms with Crippen LogP contribution in [0.15, 0.2) is 388 Å². The second-order valence-electron chi connectivity index (χ2n) is 24.7. The summed E-state index contributed by atoms with van der Waals surface area (Å²) in [6.07, 6.45) is 0. The van der Waals surface area contributed by atoms with Crippen molar-refractivity contribution in [3.63, 3.8) is 0 Å². The molecule has 0 fully saturated rings. The van der Waals surface area contributed by atoms with Crippen LogP contribution in [0.1, 0.15) is 44.5 Å². The minimum atomic E-state index is -0.546. The fraction of sp³-hybridized carbons (Fsp3) is 0.0217. The van der Waals surface area contributed by atoms with E-state index in [1.807, 2.05) is 0 Å². The smallest absolute Gasteiger partial charge is 0.0714 e. The summed E-state index contributed by atoms with van der Waals surface area (Å²) in [6.45, 7) is 0. The Morgan fingerprint density at radius 2 is 0.394 bits per heavy atom.